The lowest BCUT2D eigenvalue weighted by Crippen LogP contribution is -2.52. The van der Waals surface area contributed by atoms with E-state index in [9.17, 15) is 24.6 Å². The van der Waals surface area contributed by atoms with Crippen LogP contribution in [0, 0.1) is 20.2 Å². The summed E-state index contributed by atoms with van der Waals surface area (Å²) in [7, 11) is 0. The Hall–Kier alpha value is -1.35. The minimum atomic E-state index is -4.05. The molecule has 9 heteroatoms. The topological polar surface area (TPSA) is 119 Å². The first-order valence-corrected chi connectivity index (χ1v) is 3.66. The molecule has 1 rings (SSSR count). The molecule has 0 aromatic carbocycles. The van der Waals surface area contributed by atoms with Gasteiger partial charge in [0, 0.05) is 6.42 Å². The van der Waals surface area contributed by atoms with Gasteiger partial charge in [0.1, 0.15) is 9.85 Å². The van der Waals surface area contributed by atoms with Gasteiger partial charge in [-0.3, -0.25) is 20.2 Å². The van der Waals surface area contributed by atoms with Crippen molar-refractivity contribution in [1.29, 1.82) is 0 Å². The maximum atomic E-state index is 13.1. The van der Waals surface area contributed by atoms with E-state index in [4.69, 9.17) is 5.11 Å². The summed E-state index contributed by atoms with van der Waals surface area (Å²) in [5, 5.41) is 29.2. The number of hydrogen-bond acceptors (Lipinski definition) is 6. The first kappa shape index (κ1) is 10.7. The average molecular weight is 210 g/mol. The van der Waals surface area contributed by atoms with Crippen molar-refractivity contribution in [3.63, 3.8) is 0 Å². The number of alkyl halides is 1. The molecule has 80 valence electrons. The highest BCUT2D eigenvalue weighted by Gasteiger charge is 2.65. The maximum absolute atomic E-state index is 13.1. The number of epoxide rings is 1. The molecule has 0 spiro atoms. The third-order valence-corrected chi connectivity index (χ3v) is 1.82. The zero-order valence-electron chi connectivity index (χ0n) is 6.83. The van der Waals surface area contributed by atoms with Crippen molar-refractivity contribution in [1.82, 2.24) is 0 Å². The Kier molecular flexibility index (Phi) is 2.62. The maximum Gasteiger partial charge on any atom is 0.640 e. The first-order valence-electron chi connectivity index (χ1n) is 3.66. The molecule has 0 aliphatic carbocycles. The number of ether oxygens (including phenoxy) is 1. The normalized spacial score (nSPS) is 22.9. The van der Waals surface area contributed by atoms with Gasteiger partial charge < -0.3 is 9.84 Å². The van der Waals surface area contributed by atoms with Crippen LogP contribution in [0.4, 0.5) is 4.39 Å². The standard InChI is InChI=1S/C5H7FN2O6/c6-5(7(10)11,8(12)13)4(9)1-3-2-14-3/h3-4,9H,1-2H2. The van der Waals surface area contributed by atoms with Crippen LogP contribution in [0.5, 0.6) is 0 Å². The summed E-state index contributed by atoms with van der Waals surface area (Å²) in [6.45, 7) is 0.225. The Morgan fingerprint density at radius 1 is 1.57 bits per heavy atom. The van der Waals surface area contributed by atoms with E-state index in [2.05, 4.69) is 4.74 Å². The van der Waals surface area contributed by atoms with E-state index < -0.39 is 34.4 Å². The van der Waals surface area contributed by atoms with Gasteiger partial charge in [0.25, 0.3) is 0 Å². The fraction of sp³-hybridized carbons (Fsp3) is 1.00. The summed E-state index contributed by atoms with van der Waals surface area (Å²) >= 11 is 0. The van der Waals surface area contributed by atoms with Crippen LogP contribution in [0.2, 0.25) is 0 Å². The quantitative estimate of drug-likeness (QED) is 0.211. The van der Waals surface area contributed by atoms with Crippen molar-refractivity contribution >= 4 is 0 Å². The highest BCUT2D eigenvalue weighted by molar-refractivity contribution is 4.77. The van der Waals surface area contributed by atoms with E-state index >= 15 is 0 Å². The molecule has 1 heterocycles. The Bertz CT molecular complexity index is 253. The summed E-state index contributed by atoms with van der Waals surface area (Å²) in [5.74, 6) is -4.05. The molecule has 2 atom stereocenters. The number of hydrogen-bond donors (Lipinski definition) is 1. The molecule has 0 aromatic rings. The number of nitrogens with zero attached hydrogens (tertiary/aromatic N) is 2. The third-order valence-electron chi connectivity index (χ3n) is 1.82. The van der Waals surface area contributed by atoms with Crippen LogP contribution in [-0.4, -0.2) is 39.7 Å². The molecule has 0 bridgehead atoms. The zero-order valence-corrected chi connectivity index (χ0v) is 6.83. The predicted molar refractivity (Wildman–Crippen MR) is 38.2 cm³/mol. The van der Waals surface area contributed by atoms with Gasteiger partial charge in [-0.05, 0) is 0 Å². The van der Waals surface area contributed by atoms with E-state index in [0.717, 1.165) is 0 Å². The summed E-state index contributed by atoms with van der Waals surface area (Å²) in [4.78, 5) is 16.7. The highest BCUT2D eigenvalue weighted by Crippen LogP contribution is 2.26. The van der Waals surface area contributed by atoms with Crippen molar-refractivity contribution in [2.75, 3.05) is 6.61 Å². The fourth-order valence-electron chi connectivity index (χ4n) is 0.913. The lowest BCUT2D eigenvalue weighted by molar-refractivity contribution is -0.841. The molecule has 0 amide bonds. The Morgan fingerprint density at radius 3 is 2.29 bits per heavy atom. The molecule has 1 N–H and O–H groups in total. The monoisotopic (exact) mass is 210 g/mol. The number of aliphatic hydroxyl groups excluding tert-OH is 1. The average Bonchev–Trinajstić information content (AvgIpc) is 2.85. The molecule has 1 fully saturated rings. The van der Waals surface area contributed by atoms with Crippen LogP contribution in [0.1, 0.15) is 6.42 Å². The molecule has 0 aromatic heterocycles. The second-order valence-electron chi connectivity index (χ2n) is 2.86. The van der Waals surface area contributed by atoms with Crippen LogP contribution in [0.3, 0.4) is 0 Å². The summed E-state index contributed by atoms with van der Waals surface area (Å²) < 4.78 is 17.7. The number of rotatable bonds is 5. The SMILES string of the molecule is O=[N+]([O-])C(F)(C(O)CC1CO1)[N+](=O)[O-]. The minimum Gasteiger partial charge on any atom is -0.376 e. The van der Waals surface area contributed by atoms with Gasteiger partial charge in [-0.15, -0.1) is 0 Å². The van der Waals surface area contributed by atoms with Gasteiger partial charge in [-0.1, -0.05) is 4.39 Å². The van der Waals surface area contributed by atoms with Gasteiger partial charge in [0.2, 0.25) is 6.10 Å². The van der Waals surface area contributed by atoms with Crippen molar-refractivity contribution < 1.29 is 24.1 Å². The fourth-order valence-corrected chi connectivity index (χ4v) is 0.913. The van der Waals surface area contributed by atoms with Crippen molar-refractivity contribution in [3.05, 3.63) is 20.2 Å². The summed E-state index contributed by atoms with van der Waals surface area (Å²) in [5.41, 5.74) is 0. The Labute approximate surface area is 76.6 Å². The lowest BCUT2D eigenvalue weighted by atomic mass is 10.1. The largest absolute Gasteiger partial charge is 0.640 e. The molecule has 1 aliphatic heterocycles. The second-order valence-corrected chi connectivity index (χ2v) is 2.86. The van der Waals surface area contributed by atoms with Crippen LogP contribution < -0.4 is 0 Å². The number of aliphatic hydroxyl groups is 1. The van der Waals surface area contributed by atoms with Crippen LogP contribution in [0.15, 0.2) is 0 Å². The van der Waals surface area contributed by atoms with Crippen molar-refractivity contribution in [2.45, 2.75) is 24.5 Å². The van der Waals surface area contributed by atoms with Crippen molar-refractivity contribution in [2.24, 2.45) is 0 Å². The van der Waals surface area contributed by atoms with Crippen LogP contribution in [0.25, 0.3) is 0 Å². The zero-order chi connectivity index (χ0) is 10.9. The van der Waals surface area contributed by atoms with Gasteiger partial charge >= 0.3 is 5.92 Å². The smallest absolute Gasteiger partial charge is 0.376 e. The van der Waals surface area contributed by atoms with E-state index in [1.54, 1.807) is 0 Å². The summed E-state index contributed by atoms with van der Waals surface area (Å²) in [6, 6.07) is 0. The van der Waals surface area contributed by atoms with E-state index in [1.807, 2.05) is 0 Å². The van der Waals surface area contributed by atoms with Gasteiger partial charge in [0.15, 0.2) is 0 Å². The lowest BCUT2D eigenvalue weighted by Gasteiger charge is -2.12. The van der Waals surface area contributed by atoms with Gasteiger partial charge in [0.05, 0.1) is 12.7 Å². The van der Waals surface area contributed by atoms with Crippen molar-refractivity contribution in [3.8, 4) is 0 Å². The Morgan fingerprint density at radius 2 is 2.00 bits per heavy atom. The Balaban J connectivity index is 2.74. The number of halogens is 1. The summed E-state index contributed by atoms with van der Waals surface area (Å²) in [6.07, 6.45) is -3.29. The molecule has 8 nitrogen and oxygen atoms in total. The van der Waals surface area contributed by atoms with Crippen LogP contribution >= 0.6 is 0 Å². The third kappa shape index (κ3) is 1.77. The first-order chi connectivity index (χ1) is 6.39. The number of nitro groups is 2. The molecule has 0 radical (unpaired) electrons. The molecule has 2 unspecified atom stereocenters. The van der Waals surface area contributed by atoms with Gasteiger partial charge in [-0.2, -0.15) is 0 Å². The van der Waals surface area contributed by atoms with E-state index in [1.165, 1.54) is 0 Å². The molecule has 1 aliphatic rings. The minimum absolute atomic E-state index is 0.225. The second kappa shape index (κ2) is 3.42. The van der Waals surface area contributed by atoms with E-state index in [-0.39, 0.29) is 6.61 Å². The van der Waals surface area contributed by atoms with Gasteiger partial charge in [-0.25, -0.2) is 0 Å². The van der Waals surface area contributed by atoms with E-state index in [0.29, 0.717) is 0 Å². The molecule has 14 heavy (non-hydrogen) atoms. The predicted octanol–water partition coefficient (Wildman–Crippen LogP) is -0.687. The highest BCUT2D eigenvalue weighted by atomic mass is 19.2. The molecule has 1 saturated heterocycles. The van der Waals surface area contributed by atoms with Crippen LogP contribution in [-0.2, 0) is 4.74 Å². The molecular weight excluding hydrogens is 203 g/mol. The molecule has 0 saturated carbocycles. The molecular formula is C5H7FN2O6.